The monoisotopic (exact) mass is 303 g/mol. The zero-order valence-corrected chi connectivity index (χ0v) is 11.9. The summed E-state index contributed by atoms with van der Waals surface area (Å²) in [7, 11) is 0. The number of nitrogens with one attached hydrogen (secondary N) is 1. The minimum atomic E-state index is -0.988. The standard InChI is InChI=1S/C16H14ClNO3/c17-13-8-11(16(19)20)5-6-14(13)18-9-12-7-10-3-1-2-4-15(10)21-12/h1-6,8,12,18H,7,9H2,(H,19,20). The molecule has 1 heterocycles. The van der Waals surface area contributed by atoms with Gasteiger partial charge < -0.3 is 15.2 Å². The van der Waals surface area contributed by atoms with Gasteiger partial charge in [-0.15, -0.1) is 0 Å². The Balaban J connectivity index is 1.63. The van der Waals surface area contributed by atoms with Gasteiger partial charge in [-0.3, -0.25) is 0 Å². The second-order valence-electron chi connectivity index (χ2n) is 4.93. The van der Waals surface area contributed by atoms with Gasteiger partial charge in [-0.2, -0.15) is 0 Å². The van der Waals surface area contributed by atoms with Gasteiger partial charge in [0.25, 0.3) is 0 Å². The highest BCUT2D eigenvalue weighted by Crippen LogP contribution is 2.29. The van der Waals surface area contributed by atoms with Crippen molar-refractivity contribution in [3.05, 3.63) is 58.6 Å². The van der Waals surface area contributed by atoms with Gasteiger partial charge in [-0.05, 0) is 29.8 Å². The summed E-state index contributed by atoms with van der Waals surface area (Å²) in [4.78, 5) is 10.9. The van der Waals surface area contributed by atoms with Crippen molar-refractivity contribution in [3.8, 4) is 5.75 Å². The van der Waals surface area contributed by atoms with Crippen LogP contribution in [0.1, 0.15) is 15.9 Å². The quantitative estimate of drug-likeness (QED) is 0.908. The molecule has 0 radical (unpaired) electrons. The molecular weight excluding hydrogens is 290 g/mol. The van der Waals surface area contributed by atoms with E-state index in [1.165, 1.54) is 17.7 Å². The van der Waals surface area contributed by atoms with Crippen molar-refractivity contribution in [2.75, 3.05) is 11.9 Å². The number of halogens is 1. The third-order valence-electron chi connectivity index (χ3n) is 3.45. The molecule has 0 saturated heterocycles. The number of hydrogen-bond acceptors (Lipinski definition) is 3. The van der Waals surface area contributed by atoms with E-state index in [2.05, 4.69) is 11.4 Å². The Hall–Kier alpha value is -2.20. The predicted octanol–water partition coefficient (Wildman–Crippen LogP) is 3.45. The van der Waals surface area contributed by atoms with E-state index in [4.69, 9.17) is 21.4 Å². The third kappa shape index (κ3) is 2.95. The number of carbonyl (C=O) groups is 1. The summed E-state index contributed by atoms with van der Waals surface area (Å²) in [6, 6.07) is 12.6. The van der Waals surface area contributed by atoms with Gasteiger partial charge in [0, 0.05) is 6.42 Å². The molecule has 3 rings (SSSR count). The van der Waals surface area contributed by atoms with Crippen LogP contribution in [0.2, 0.25) is 5.02 Å². The van der Waals surface area contributed by atoms with Crippen LogP contribution in [0.3, 0.4) is 0 Å². The number of anilines is 1. The summed E-state index contributed by atoms with van der Waals surface area (Å²) < 4.78 is 5.83. The molecular formula is C16H14ClNO3. The summed E-state index contributed by atoms with van der Waals surface area (Å²) >= 11 is 6.08. The van der Waals surface area contributed by atoms with Gasteiger partial charge in [0.15, 0.2) is 0 Å². The van der Waals surface area contributed by atoms with Crippen molar-refractivity contribution in [3.63, 3.8) is 0 Å². The van der Waals surface area contributed by atoms with Gasteiger partial charge >= 0.3 is 5.97 Å². The Labute approximate surface area is 127 Å². The minimum Gasteiger partial charge on any atom is -0.488 e. The molecule has 0 bridgehead atoms. The number of para-hydroxylation sites is 1. The van der Waals surface area contributed by atoms with E-state index in [9.17, 15) is 4.79 Å². The van der Waals surface area contributed by atoms with Gasteiger partial charge in [-0.25, -0.2) is 4.79 Å². The molecule has 1 aliphatic rings. The fraction of sp³-hybridized carbons (Fsp3) is 0.188. The normalized spacial score (nSPS) is 16.1. The molecule has 2 aromatic rings. The van der Waals surface area contributed by atoms with Crippen LogP contribution in [0.15, 0.2) is 42.5 Å². The van der Waals surface area contributed by atoms with E-state index in [-0.39, 0.29) is 11.7 Å². The second kappa shape index (κ2) is 5.66. The summed E-state index contributed by atoms with van der Waals surface area (Å²) in [6.45, 7) is 0.612. The molecule has 2 N–H and O–H groups in total. The van der Waals surface area contributed by atoms with Crippen LogP contribution in [0, 0.1) is 0 Å². The number of ether oxygens (including phenoxy) is 1. The van der Waals surface area contributed by atoms with Crippen molar-refractivity contribution in [1.82, 2.24) is 0 Å². The average molecular weight is 304 g/mol. The first kappa shape index (κ1) is 13.8. The lowest BCUT2D eigenvalue weighted by Gasteiger charge is -2.14. The summed E-state index contributed by atoms with van der Waals surface area (Å²) in [5.74, 6) is -0.0605. The fourth-order valence-corrected chi connectivity index (χ4v) is 2.63. The van der Waals surface area contributed by atoms with Crippen molar-refractivity contribution >= 4 is 23.3 Å². The highest BCUT2D eigenvalue weighted by molar-refractivity contribution is 6.33. The smallest absolute Gasteiger partial charge is 0.335 e. The molecule has 5 heteroatoms. The number of fused-ring (bicyclic) bond motifs is 1. The van der Waals surface area contributed by atoms with E-state index in [1.807, 2.05) is 18.2 Å². The van der Waals surface area contributed by atoms with E-state index in [0.717, 1.165) is 12.2 Å². The van der Waals surface area contributed by atoms with Crippen LogP contribution in [-0.4, -0.2) is 23.7 Å². The Bertz CT molecular complexity index is 662. The lowest BCUT2D eigenvalue weighted by molar-refractivity contribution is 0.0697. The number of carboxylic acids is 1. The Morgan fingerprint density at radius 2 is 2.14 bits per heavy atom. The molecule has 0 fully saturated rings. The first-order chi connectivity index (χ1) is 10.1. The molecule has 1 unspecified atom stereocenters. The maximum Gasteiger partial charge on any atom is 0.335 e. The second-order valence-corrected chi connectivity index (χ2v) is 5.34. The molecule has 4 nitrogen and oxygen atoms in total. The molecule has 108 valence electrons. The summed E-state index contributed by atoms with van der Waals surface area (Å²) in [6.07, 6.45) is 0.909. The van der Waals surface area contributed by atoms with Crippen LogP contribution in [0.5, 0.6) is 5.75 Å². The predicted molar refractivity (Wildman–Crippen MR) is 81.5 cm³/mol. The van der Waals surface area contributed by atoms with Crippen LogP contribution < -0.4 is 10.1 Å². The topological polar surface area (TPSA) is 58.6 Å². The molecule has 0 aliphatic carbocycles. The highest BCUT2D eigenvalue weighted by atomic mass is 35.5. The van der Waals surface area contributed by atoms with Gasteiger partial charge in [0.05, 0.1) is 22.8 Å². The lowest BCUT2D eigenvalue weighted by Crippen LogP contribution is -2.24. The zero-order chi connectivity index (χ0) is 14.8. The Morgan fingerprint density at radius 3 is 2.86 bits per heavy atom. The van der Waals surface area contributed by atoms with Crippen LogP contribution >= 0.6 is 11.6 Å². The van der Waals surface area contributed by atoms with Crippen molar-refractivity contribution in [1.29, 1.82) is 0 Å². The molecule has 1 atom stereocenters. The van der Waals surface area contributed by atoms with E-state index in [0.29, 0.717) is 17.3 Å². The maximum absolute atomic E-state index is 10.9. The zero-order valence-electron chi connectivity index (χ0n) is 11.2. The fourth-order valence-electron chi connectivity index (χ4n) is 2.38. The van der Waals surface area contributed by atoms with Gasteiger partial charge in [0.1, 0.15) is 11.9 Å². The van der Waals surface area contributed by atoms with E-state index >= 15 is 0 Å². The molecule has 1 aliphatic heterocycles. The number of carboxylic acid groups (broad SMARTS) is 1. The maximum atomic E-state index is 10.9. The van der Waals surface area contributed by atoms with Crippen molar-refractivity contribution in [2.24, 2.45) is 0 Å². The Morgan fingerprint density at radius 1 is 1.33 bits per heavy atom. The van der Waals surface area contributed by atoms with Crippen molar-refractivity contribution in [2.45, 2.75) is 12.5 Å². The number of rotatable bonds is 4. The number of aromatic carboxylic acids is 1. The van der Waals surface area contributed by atoms with Gasteiger partial charge in [0.2, 0.25) is 0 Å². The first-order valence-electron chi connectivity index (χ1n) is 6.65. The lowest BCUT2D eigenvalue weighted by atomic mass is 10.1. The SMILES string of the molecule is O=C(O)c1ccc(NCC2Cc3ccccc3O2)c(Cl)c1. The molecule has 2 aromatic carbocycles. The molecule has 0 aromatic heterocycles. The van der Waals surface area contributed by atoms with E-state index < -0.39 is 5.97 Å². The van der Waals surface area contributed by atoms with E-state index in [1.54, 1.807) is 6.07 Å². The van der Waals surface area contributed by atoms with Crippen LogP contribution in [0.4, 0.5) is 5.69 Å². The molecule has 0 saturated carbocycles. The summed E-state index contributed by atoms with van der Waals surface area (Å²) in [5.41, 5.74) is 2.09. The largest absolute Gasteiger partial charge is 0.488 e. The molecule has 0 amide bonds. The molecule has 21 heavy (non-hydrogen) atoms. The summed E-state index contributed by atoms with van der Waals surface area (Å²) in [5, 5.41) is 12.5. The third-order valence-corrected chi connectivity index (χ3v) is 3.76. The number of benzene rings is 2. The average Bonchev–Trinajstić information content (AvgIpc) is 2.88. The highest BCUT2D eigenvalue weighted by Gasteiger charge is 2.22. The number of hydrogen-bond donors (Lipinski definition) is 2. The van der Waals surface area contributed by atoms with Crippen molar-refractivity contribution < 1.29 is 14.6 Å². The molecule has 0 spiro atoms. The first-order valence-corrected chi connectivity index (χ1v) is 7.02. The Kier molecular flexibility index (Phi) is 3.71. The minimum absolute atomic E-state index is 0.0533. The van der Waals surface area contributed by atoms with Crippen LogP contribution in [0.25, 0.3) is 0 Å². The van der Waals surface area contributed by atoms with Gasteiger partial charge in [-0.1, -0.05) is 29.8 Å². The van der Waals surface area contributed by atoms with Crippen LogP contribution in [-0.2, 0) is 6.42 Å².